The molecule has 1 aromatic heterocycles. The highest BCUT2D eigenvalue weighted by molar-refractivity contribution is 7.13. The first-order valence-electron chi connectivity index (χ1n) is 9.14. The highest BCUT2D eigenvalue weighted by atomic mass is 35.5. The highest BCUT2D eigenvalue weighted by Gasteiger charge is 2.10. The van der Waals surface area contributed by atoms with Crippen LogP contribution in [0.5, 0.6) is 0 Å². The van der Waals surface area contributed by atoms with Gasteiger partial charge in [0, 0.05) is 28.3 Å². The number of carbonyl (C=O) groups is 1. The number of halogens is 2. The first-order chi connectivity index (χ1) is 14.6. The van der Waals surface area contributed by atoms with Gasteiger partial charge in [0.25, 0.3) is 0 Å². The minimum atomic E-state index is -0.312. The van der Waals surface area contributed by atoms with Crippen molar-refractivity contribution in [3.05, 3.63) is 101 Å². The zero-order valence-electron chi connectivity index (χ0n) is 15.7. The second-order valence-electron chi connectivity index (χ2n) is 6.47. The van der Waals surface area contributed by atoms with Gasteiger partial charge in [-0.15, -0.1) is 11.3 Å². The van der Waals surface area contributed by atoms with Crippen LogP contribution in [0.2, 0.25) is 5.02 Å². The first-order valence-corrected chi connectivity index (χ1v) is 10.4. The zero-order chi connectivity index (χ0) is 20.9. The van der Waals surface area contributed by atoms with E-state index in [2.05, 4.69) is 5.32 Å². The van der Waals surface area contributed by atoms with Gasteiger partial charge in [0.2, 0.25) is 5.91 Å². The Balaban J connectivity index is 1.48. The van der Waals surface area contributed by atoms with Crippen LogP contribution in [0, 0.1) is 5.82 Å². The number of benzene rings is 3. The first kappa shape index (κ1) is 20.0. The van der Waals surface area contributed by atoms with Gasteiger partial charge in [-0.25, -0.2) is 9.37 Å². The van der Waals surface area contributed by atoms with Gasteiger partial charge < -0.3 is 5.32 Å². The maximum Gasteiger partial charge on any atom is 0.248 e. The smallest absolute Gasteiger partial charge is 0.248 e. The minimum absolute atomic E-state index is 0.272. The van der Waals surface area contributed by atoms with E-state index in [1.54, 1.807) is 18.2 Å². The summed E-state index contributed by atoms with van der Waals surface area (Å²) in [6.07, 6.45) is 3.05. The third-order valence-electron chi connectivity index (χ3n) is 4.33. The molecule has 1 amide bonds. The number of aromatic nitrogens is 1. The molecule has 0 unspecified atom stereocenters. The summed E-state index contributed by atoms with van der Waals surface area (Å²) >= 11 is 7.79. The Bertz CT molecular complexity index is 1220. The van der Waals surface area contributed by atoms with E-state index in [1.807, 2.05) is 53.9 Å². The van der Waals surface area contributed by atoms with E-state index in [1.165, 1.54) is 29.5 Å². The van der Waals surface area contributed by atoms with Crippen LogP contribution in [0.25, 0.3) is 27.9 Å². The van der Waals surface area contributed by atoms with E-state index >= 15 is 0 Å². The molecule has 0 radical (unpaired) electrons. The maximum absolute atomic E-state index is 13.0. The number of thiazole rings is 1. The van der Waals surface area contributed by atoms with Crippen LogP contribution in [-0.4, -0.2) is 10.9 Å². The van der Waals surface area contributed by atoms with Gasteiger partial charge in [-0.05, 0) is 42.0 Å². The largest absolute Gasteiger partial charge is 0.322 e. The molecule has 0 aliphatic rings. The minimum Gasteiger partial charge on any atom is -0.322 e. The lowest BCUT2D eigenvalue weighted by molar-refractivity contribution is -0.111. The van der Waals surface area contributed by atoms with Crippen molar-refractivity contribution in [1.82, 2.24) is 4.98 Å². The van der Waals surface area contributed by atoms with Crippen molar-refractivity contribution in [2.75, 3.05) is 5.32 Å². The quantitative estimate of drug-likeness (QED) is 0.346. The number of carbonyl (C=O) groups excluding carboxylic acids is 1. The van der Waals surface area contributed by atoms with Crippen molar-refractivity contribution in [2.24, 2.45) is 0 Å². The fourth-order valence-electron chi connectivity index (χ4n) is 2.85. The Morgan fingerprint density at radius 3 is 2.63 bits per heavy atom. The van der Waals surface area contributed by atoms with Crippen molar-refractivity contribution in [3.63, 3.8) is 0 Å². The van der Waals surface area contributed by atoms with E-state index in [4.69, 9.17) is 16.6 Å². The van der Waals surface area contributed by atoms with Crippen molar-refractivity contribution in [1.29, 1.82) is 0 Å². The molecule has 0 aliphatic heterocycles. The van der Waals surface area contributed by atoms with Crippen molar-refractivity contribution < 1.29 is 9.18 Å². The molecule has 1 N–H and O–H groups in total. The molecule has 1 heterocycles. The second kappa shape index (κ2) is 9.03. The molecule has 0 spiro atoms. The zero-order valence-corrected chi connectivity index (χ0v) is 17.3. The number of nitrogens with one attached hydrogen (secondary N) is 1. The lowest BCUT2D eigenvalue weighted by atomic mass is 10.1. The van der Waals surface area contributed by atoms with E-state index < -0.39 is 0 Å². The molecular formula is C24H16ClFN2OS. The SMILES string of the molecule is O=C(/C=C/c1ccc(F)cc1)Nc1cccc(-c2csc(-c3ccccc3Cl)n2)c1. The summed E-state index contributed by atoms with van der Waals surface area (Å²) in [5.74, 6) is -0.584. The van der Waals surface area contributed by atoms with Gasteiger partial charge in [-0.1, -0.05) is 54.1 Å². The van der Waals surface area contributed by atoms with E-state index in [9.17, 15) is 9.18 Å². The highest BCUT2D eigenvalue weighted by Crippen LogP contribution is 2.33. The van der Waals surface area contributed by atoms with Crippen LogP contribution in [0.1, 0.15) is 5.56 Å². The predicted molar refractivity (Wildman–Crippen MR) is 122 cm³/mol. The number of nitrogens with zero attached hydrogens (tertiary/aromatic N) is 1. The fourth-order valence-corrected chi connectivity index (χ4v) is 4.00. The van der Waals surface area contributed by atoms with Gasteiger partial charge in [-0.3, -0.25) is 4.79 Å². The van der Waals surface area contributed by atoms with Crippen LogP contribution >= 0.6 is 22.9 Å². The van der Waals surface area contributed by atoms with Gasteiger partial charge in [-0.2, -0.15) is 0 Å². The second-order valence-corrected chi connectivity index (χ2v) is 7.74. The molecule has 0 saturated heterocycles. The van der Waals surface area contributed by atoms with Crippen LogP contribution in [0.3, 0.4) is 0 Å². The Labute approximate surface area is 182 Å². The summed E-state index contributed by atoms with van der Waals surface area (Å²) in [7, 11) is 0. The standard InChI is InChI=1S/C24H16ClFN2OS/c25-21-7-2-1-6-20(21)24-28-22(15-30-24)17-4-3-5-19(14-17)27-23(29)13-10-16-8-11-18(26)12-9-16/h1-15H,(H,27,29)/b13-10+. The van der Waals surface area contributed by atoms with E-state index in [0.717, 1.165) is 27.4 Å². The number of amides is 1. The molecule has 30 heavy (non-hydrogen) atoms. The molecule has 0 bridgehead atoms. The van der Waals surface area contributed by atoms with Gasteiger partial charge >= 0.3 is 0 Å². The topological polar surface area (TPSA) is 42.0 Å². The lowest BCUT2D eigenvalue weighted by Gasteiger charge is -2.04. The average Bonchev–Trinajstić information content (AvgIpc) is 3.24. The van der Waals surface area contributed by atoms with Gasteiger partial charge in [0.15, 0.2) is 0 Å². The number of hydrogen-bond acceptors (Lipinski definition) is 3. The molecule has 6 heteroatoms. The van der Waals surface area contributed by atoms with E-state index in [0.29, 0.717) is 10.7 Å². The van der Waals surface area contributed by atoms with E-state index in [-0.39, 0.29) is 11.7 Å². The summed E-state index contributed by atoms with van der Waals surface area (Å²) in [5, 5.41) is 6.30. The third-order valence-corrected chi connectivity index (χ3v) is 5.54. The molecule has 0 aliphatic carbocycles. The Morgan fingerprint density at radius 2 is 1.83 bits per heavy atom. The molecule has 0 atom stereocenters. The number of anilines is 1. The maximum atomic E-state index is 13.0. The molecular weight excluding hydrogens is 419 g/mol. The normalized spacial score (nSPS) is 11.0. The molecule has 4 rings (SSSR count). The monoisotopic (exact) mass is 434 g/mol. The van der Waals surface area contributed by atoms with Crippen LogP contribution in [0.4, 0.5) is 10.1 Å². The molecule has 3 nitrogen and oxygen atoms in total. The molecule has 148 valence electrons. The van der Waals surface area contributed by atoms with Gasteiger partial charge in [0.1, 0.15) is 10.8 Å². The third kappa shape index (κ3) is 4.82. The van der Waals surface area contributed by atoms with Crippen LogP contribution in [-0.2, 0) is 4.79 Å². The molecule has 3 aromatic carbocycles. The lowest BCUT2D eigenvalue weighted by Crippen LogP contribution is -2.07. The molecule has 0 saturated carbocycles. The Kier molecular flexibility index (Phi) is 6.02. The predicted octanol–water partition coefficient (Wildman–Crippen LogP) is 6.92. The van der Waals surface area contributed by atoms with Crippen molar-refractivity contribution in [2.45, 2.75) is 0 Å². The summed E-state index contributed by atoms with van der Waals surface area (Å²) in [6, 6.07) is 21.0. The van der Waals surface area contributed by atoms with Crippen LogP contribution < -0.4 is 5.32 Å². The number of hydrogen-bond donors (Lipinski definition) is 1. The van der Waals surface area contributed by atoms with Crippen LogP contribution in [0.15, 0.2) is 84.3 Å². The summed E-state index contributed by atoms with van der Waals surface area (Å²) < 4.78 is 13.0. The Morgan fingerprint density at radius 1 is 1.03 bits per heavy atom. The van der Waals surface area contributed by atoms with Crippen molar-refractivity contribution >= 4 is 40.6 Å². The van der Waals surface area contributed by atoms with Gasteiger partial charge in [0.05, 0.1) is 10.7 Å². The fraction of sp³-hybridized carbons (Fsp3) is 0. The summed E-state index contributed by atoms with van der Waals surface area (Å²) in [4.78, 5) is 16.9. The van der Waals surface area contributed by atoms with Crippen molar-refractivity contribution in [3.8, 4) is 21.8 Å². The summed E-state index contributed by atoms with van der Waals surface area (Å²) in [6.45, 7) is 0. The number of rotatable bonds is 5. The molecule has 0 fully saturated rings. The average molecular weight is 435 g/mol. The molecule has 4 aromatic rings. The summed E-state index contributed by atoms with van der Waals surface area (Å²) in [5.41, 5.74) is 4.01. The Hall–Kier alpha value is -3.28.